The van der Waals surface area contributed by atoms with E-state index in [2.05, 4.69) is 201 Å². The van der Waals surface area contributed by atoms with Crippen molar-refractivity contribution in [2.75, 3.05) is 5.01 Å². The van der Waals surface area contributed by atoms with Crippen LogP contribution in [0.3, 0.4) is 0 Å². The van der Waals surface area contributed by atoms with Crippen molar-refractivity contribution in [3.8, 4) is 11.4 Å². The molecule has 0 saturated carbocycles. The molecule has 4 nitrogen and oxygen atoms in total. The Hall–Kier alpha value is -6.52. The highest BCUT2D eigenvalue weighted by Crippen LogP contribution is 2.43. The first-order chi connectivity index (χ1) is 23.8. The molecule has 0 aliphatic rings. The van der Waals surface area contributed by atoms with Gasteiger partial charge >= 0.3 is 0 Å². The maximum absolute atomic E-state index is 2.46. The Morgan fingerprint density at radius 1 is 0.375 bits per heavy atom. The lowest BCUT2D eigenvalue weighted by molar-refractivity contribution is 0.887. The lowest BCUT2D eigenvalue weighted by atomic mass is 10.1. The summed E-state index contributed by atoms with van der Waals surface area (Å²) in [6, 6.07) is 63.2. The van der Waals surface area contributed by atoms with Crippen molar-refractivity contribution in [1.82, 2.24) is 13.8 Å². The highest BCUT2D eigenvalue weighted by atomic mass is 15.6. The number of nitrogens with zero attached hydrogens (tertiary/aromatic N) is 4. The Balaban J connectivity index is 1.44. The highest BCUT2D eigenvalue weighted by Gasteiger charge is 2.25. The fourth-order valence-corrected chi connectivity index (χ4v) is 7.54. The second-order valence-electron chi connectivity index (χ2n) is 12.3. The van der Waals surface area contributed by atoms with Gasteiger partial charge in [0.05, 0.1) is 39.0 Å². The van der Waals surface area contributed by atoms with Crippen molar-refractivity contribution in [3.63, 3.8) is 0 Å². The molecule has 0 spiro atoms. The number of para-hydroxylation sites is 5. The molecular weight excluding hydrogens is 585 g/mol. The maximum Gasteiger partial charge on any atom is 0.0963 e. The van der Waals surface area contributed by atoms with E-state index in [9.17, 15) is 0 Å². The number of aromatic nitrogens is 3. The molecule has 0 radical (unpaired) electrons. The first kappa shape index (κ1) is 26.7. The molecule has 3 aromatic heterocycles. The topological polar surface area (TPSA) is 18.0 Å². The molecule has 4 heteroatoms. The monoisotopic (exact) mass is 614 g/mol. The fourth-order valence-electron chi connectivity index (χ4n) is 7.54. The van der Waals surface area contributed by atoms with Crippen molar-refractivity contribution in [2.24, 2.45) is 0 Å². The molecule has 0 aliphatic carbocycles. The van der Waals surface area contributed by atoms with Gasteiger partial charge in [0.1, 0.15) is 0 Å². The molecule has 226 valence electrons. The lowest BCUT2D eigenvalue weighted by Crippen LogP contribution is -2.24. The molecule has 10 rings (SSSR count). The second-order valence-corrected chi connectivity index (χ2v) is 12.3. The van der Waals surface area contributed by atoms with E-state index in [1.807, 2.05) is 0 Å². The average Bonchev–Trinajstić information content (AvgIpc) is 3.83. The van der Waals surface area contributed by atoms with E-state index in [0.717, 1.165) is 33.8 Å². The maximum atomic E-state index is 2.46. The zero-order valence-corrected chi connectivity index (χ0v) is 26.1. The van der Waals surface area contributed by atoms with Gasteiger partial charge in [0.15, 0.2) is 0 Å². The molecular formula is C44H30N4. The van der Waals surface area contributed by atoms with Crippen LogP contribution >= 0.6 is 0 Å². The quantitative estimate of drug-likeness (QED) is 0.189. The highest BCUT2D eigenvalue weighted by molar-refractivity contribution is 6.24. The third kappa shape index (κ3) is 3.90. The molecule has 3 heterocycles. The summed E-state index contributed by atoms with van der Waals surface area (Å²) in [6.07, 6.45) is 2.18. The van der Waals surface area contributed by atoms with Crippen LogP contribution in [0.25, 0.3) is 65.9 Å². The minimum atomic E-state index is 1.08. The number of hydrogen-bond acceptors (Lipinski definition) is 1. The van der Waals surface area contributed by atoms with E-state index in [-0.39, 0.29) is 0 Å². The Morgan fingerprint density at radius 3 is 1.60 bits per heavy atom. The van der Waals surface area contributed by atoms with Crippen LogP contribution in [0.15, 0.2) is 182 Å². The van der Waals surface area contributed by atoms with Crippen molar-refractivity contribution < 1.29 is 0 Å². The van der Waals surface area contributed by atoms with Crippen LogP contribution in [0.5, 0.6) is 0 Å². The Bertz CT molecular complexity index is 2720. The third-order valence-corrected chi connectivity index (χ3v) is 9.60. The van der Waals surface area contributed by atoms with Crippen LogP contribution in [0.1, 0.15) is 0 Å². The molecule has 7 aromatic carbocycles. The minimum Gasteiger partial charge on any atom is -0.316 e. The summed E-state index contributed by atoms with van der Waals surface area (Å²) in [5, 5.41) is 8.47. The fraction of sp³-hybridized carbons (Fsp3) is 0. The predicted octanol–water partition coefficient (Wildman–Crippen LogP) is 11.4. The standard InChI is InChI=1S/C44H30N4/c1-5-15-32(16-6-1)45-28-27-31-29-39-38-26-25-37-36-23-13-14-24-40(36)46(33-17-7-2-8-18-33)43(37)44(38)48(42(39)30-41(31)45)47(34-19-9-3-10-20-34)35-21-11-4-12-22-35/h1-30H. The van der Waals surface area contributed by atoms with Crippen molar-refractivity contribution in [2.45, 2.75) is 0 Å². The molecule has 48 heavy (non-hydrogen) atoms. The van der Waals surface area contributed by atoms with Gasteiger partial charge in [0.2, 0.25) is 0 Å². The molecule has 0 saturated heterocycles. The van der Waals surface area contributed by atoms with E-state index in [0.29, 0.717) is 0 Å². The molecule has 0 fully saturated rings. The minimum absolute atomic E-state index is 1.08. The van der Waals surface area contributed by atoms with E-state index in [1.54, 1.807) is 0 Å². The van der Waals surface area contributed by atoms with Gasteiger partial charge in [-0.05, 0) is 72.8 Å². The third-order valence-electron chi connectivity index (χ3n) is 9.60. The Labute approximate surface area is 277 Å². The largest absolute Gasteiger partial charge is 0.316 e. The van der Waals surface area contributed by atoms with Gasteiger partial charge in [-0.2, -0.15) is 0 Å². The lowest BCUT2D eigenvalue weighted by Gasteiger charge is -2.28. The first-order valence-electron chi connectivity index (χ1n) is 16.4. The summed E-state index contributed by atoms with van der Waals surface area (Å²) in [4.78, 5) is 0. The van der Waals surface area contributed by atoms with Crippen molar-refractivity contribution in [1.29, 1.82) is 0 Å². The normalized spacial score (nSPS) is 11.8. The molecule has 0 atom stereocenters. The predicted molar refractivity (Wildman–Crippen MR) is 201 cm³/mol. The van der Waals surface area contributed by atoms with Gasteiger partial charge in [-0.15, -0.1) is 0 Å². The molecule has 10 aromatic rings. The smallest absolute Gasteiger partial charge is 0.0963 e. The van der Waals surface area contributed by atoms with Crippen LogP contribution in [0.4, 0.5) is 11.4 Å². The summed E-state index contributed by atoms with van der Waals surface area (Å²) in [6.45, 7) is 0. The van der Waals surface area contributed by atoms with E-state index in [4.69, 9.17) is 0 Å². The van der Waals surface area contributed by atoms with Crippen LogP contribution < -0.4 is 5.01 Å². The Kier molecular flexibility index (Phi) is 5.84. The molecule has 0 aliphatic heterocycles. The summed E-state index contributed by atoms with van der Waals surface area (Å²) in [5.74, 6) is 0. The molecule has 0 unspecified atom stereocenters. The number of benzene rings is 7. The summed E-state index contributed by atoms with van der Waals surface area (Å²) in [5.41, 5.74) is 10.3. The van der Waals surface area contributed by atoms with E-state index >= 15 is 0 Å². The Morgan fingerprint density at radius 2 is 0.938 bits per heavy atom. The molecule has 0 N–H and O–H groups in total. The van der Waals surface area contributed by atoms with Gasteiger partial charge in [0, 0.05) is 44.5 Å². The van der Waals surface area contributed by atoms with Crippen LogP contribution in [0, 0.1) is 0 Å². The zero-order chi connectivity index (χ0) is 31.6. The van der Waals surface area contributed by atoms with Crippen LogP contribution in [-0.2, 0) is 0 Å². The van der Waals surface area contributed by atoms with Crippen LogP contribution in [0.2, 0.25) is 0 Å². The molecule has 0 amide bonds. The number of fused-ring (bicyclic) bond motifs is 8. The van der Waals surface area contributed by atoms with E-state index in [1.165, 1.54) is 43.5 Å². The van der Waals surface area contributed by atoms with Gasteiger partial charge < -0.3 is 9.13 Å². The van der Waals surface area contributed by atoms with Gasteiger partial charge in [0.25, 0.3) is 0 Å². The number of rotatable bonds is 5. The SMILES string of the molecule is c1ccc(N(c2ccccc2)n2c3cc4c(ccn4-c4ccccc4)cc3c3ccc4c5ccccc5n(-c5ccccc5)c4c32)cc1. The van der Waals surface area contributed by atoms with Crippen LogP contribution in [-0.4, -0.2) is 13.8 Å². The van der Waals surface area contributed by atoms with Gasteiger partial charge in [-0.3, -0.25) is 0 Å². The van der Waals surface area contributed by atoms with Crippen molar-refractivity contribution >= 4 is 65.9 Å². The van der Waals surface area contributed by atoms with E-state index < -0.39 is 0 Å². The van der Waals surface area contributed by atoms with Gasteiger partial charge in [-0.1, -0.05) is 103 Å². The second kappa shape index (κ2) is 10.5. The summed E-state index contributed by atoms with van der Waals surface area (Å²) < 4.78 is 7.20. The zero-order valence-electron chi connectivity index (χ0n) is 26.1. The molecule has 0 bridgehead atoms. The summed E-state index contributed by atoms with van der Waals surface area (Å²) in [7, 11) is 0. The van der Waals surface area contributed by atoms with Crippen molar-refractivity contribution in [3.05, 3.63) is 182 Å². The number of anilines is 2. The summed E-state index contributed by atoms with van der Waals surface area (Å²) >= 11 is 0. The first-order valence-corrected chi connectivity index (χ1v) is 16.4. The number of hydrogen-bond donors (Lipinski definition) is 0. The average molecular weight is 615 g/mol. The van der Waals surface area contributed by atoms with Gasteiger partial charge in [-0.25, -0.2) is 9.69 Å².